The van der Waals surface area contributed by atoms with Crippen molar-refractivity contribution < 1.29 is 23.9 Å². The minimum Gasteiger partial charge on any atom is -0.496 e. The Bertz CT molecular complexity index is 1220. The molecule has 2 aliphatic rings. The molecule has 2 heterocycles. The third kappa shape index (κ3) is 3.73. The van der Waals surface area contributed by atoms with Gasteiger partial charge in [0.05, 0.1) is 35.6 Å². The third-order valence-corrected chi connectivity index (χ3v) is 6.67. The number of carbonyl (C=O) groups is 2. The Morgan fingerprint density at radius 1 is 0.941 bits per heavy atom. The zero-order valence-electron chi connectivity index (χ0n) is 18.7. The van der Waals surface area contributed by atoms with Crippen molar-refractivity contribution in [1.29, 1.82) is 0 Å². The van der Waals surface area contributed by atoms with Gasteiger partial charge in [-0.05, 0) is 76.9 Å². The molecule has 0 aliphatic carbocycles. The second-order valence-electron chi connectivity index (χ2n) is 7.99. The van der Waals surface area contributed by atoms with Gasteiger partial charge in [-0.25, -0.2) is 9.96 Å². The fourth-order valence-electron chi connectivity index (χ4n) is 4.53. The highest BCUT2D eigenvalue weighted by Gasteiger charge is 2.60. The van der Waals surface area contributed by atoms with Crippen LogP contribution in [-0.4, -0.2) is 31.6 Å². The van der Waals surface area contributed by atoms with Crippen LogP contribution in [0, 0.1) is 5.92 Å². The summed E-state index contributed by atoms with van der Waals surface area (Å²) in [6.07, 6.45) is -0.926. The van der Waals surface area contributed by atoms with E-state index in [0.29, 0.717) is 23.8 Å². The number of carbonyl (C=O) groups excluding carboxylic acids is 2. The van der Waals surface area contributed by atoms with E-state index in [4.69, 9.17) is 14.3 Å². The molecule has 34 heavy (non-hydrogen) atoms. The number of para-hydroxylation sites is 1. The second-order valence-corrected chi connectivity index (χ2v) is 8.85. The average Bonchev–Trinajstić information content (AvgIpc) is 3.36. The lowest BCUT2D eigenvalue weighted by Gasteiger charge is -2.29. The summed E-state index contributed by atoms with van der Waals surface area (Å²) in [7, 11) is 1.60. The summed E-state index contributed by atoms with van der Waals surface area (Å²) in [6, 6.07) is 21.6. The highest BCUT2D eigenvalue weighted by molar-refractivity contribution is 9.10. The SMILES string of the molecule is CCOc1ccc(N2C(=O)[C@@H]3[C@@H](ON(c4ccccc4)[C@H]3c3ccc(OC)c(Br)c3)C2=O)cc1. The first kappa shape index (κ1) is 22.4. The molecular formula is C26H23BrN2O5. The van der Waals surface area contributed by atoms with Crippen LogP contribution in [0.1, 0.15) is 18.5 Å². The van der Waals surface area contributed by atoms with E-state index in [-0.39, 0.29) is 11.8 Å². The van der Waals surface area contributed by atoms with Crippen LogP contribution in [0.3, 0.4) is 0 Å². The molecule has 7 nitrogen and oxygen atoms in total. The van der Waals surface area contributed by atoms with Gasteiger partial charge in [-0.2, -0.15) is 0 Å². The fraction of sp³-hybridized carbons (Fsp3) is 0.231. The van der Waals surface area contributed by atoms with Crippen molar-refractivity contribution in [2.45, 2.75) is 19.1 Å². The van der Waals surface area contributed by atoms with Crippen molar-refractivity contribution in [3.05, 3.63) is 82.8 Å². The number of rotatable bonds is 6. The minimum atomic E-state index is -0.926. The number of ether oxygens (including phenoxy) is 2. The molecule has 2 amide bonds. The first-order valence-electron chi connectivity index (χ1n) is 11.0. The molecule has 2 aliphatic heterocycles. The van der Waals surface area contributed by atoms with Crippen molar-refractivity contribution in [3.63, 3.8) is 0 Å². The molecule has 0 spiro atoms. The number of halogens is 1. The molecule has 5 rings (SSSR count). The number of anilines is 2. The number of hydrogen-bond acceptors (Lipinski definition) is 6. The number of hydrogen-bond donors (Lipinski definition) is 0. The highest BCUT2D eigenvalue weighted by atomic mass is 79.9. The van der Waals surface area contributed by atoms with Crippen LogP contribution in [-0.2, 0) is 14.4 Å². The summed E-state index contributed by atoms with van der Waals surface area (Å²) in [5, 5.41) is 1.68. The van der Waals surface area contributed by atoms with Crippen LogP contribution in [0.4, 0.5) is 11.4 Å². The van der Waals surface area contributed by atoms with Gasteiger partial charge in [-0.15, -0.1) is 0 Å². The number of methoxy groups -OCH3 is 1. The molecule has 0 saturated carbocycles. The zero-order chi connectivity index (χ0) is 23.8. The van der Waals surface area contributed by atoms with Gasteiger partial charge in [0, 0.05) is 0 Å². The summed E-state index contributed by atoms with van der Waals surface area (Å²) in [5.41, 5.74) is 2.10. The first-order valence-corrected chi connectivity index (χ1v) is 11.8. The number of imide groups is 1. The predicted octanol–water partition coefficient (Wildman–Crippen LogP) is 4.91. The van der Waals surface area contributed by atoms with Gasteiger partial charge in [0.2, 0.25) is 5.91 Å². The van der Waals surface area contributed by atoms with E-state index < -0.39 is 18.1 Å². The number of nitrogens with zero attached hydrogens (tertiary/aromatic N) is 2. The molecule has 174 valence electrons. The molecule has 0 bridgehead atoms. The van der Waals surface area contributed by atoms with Crippen molar-refractivity contribution in [2.75, 3.05) is 23.7 Å². The highest BCUT2D eigenvalue weighted by Crippen LogP contribution is 2.48. The lowest BCUT2D eigenvalue weighted by atomic mass is 9.90. The van der Waals surface area contributed by atoms with Crippen LogP contribution in [0.15, 0.2) is 77.3 Å². The molecule has 2 saturated heterocycles. The predicted molar refractivity (Wildman–Crippen MR) is 131 cm³/mol. The van der Waals surface area contributed by atoms with Crippen LogP contribution < -0.4 is 19.4 Å². The quantitative estimate of drug-likeness (QED) is 0.428. The minimum absolute atomic E-state index is 0.297. The topological polar surface area (TPSA) is 68.3 Å². The smallest absolute Gasteiger partial charge is 0.266 e. The summed E-state index contributed by atoms with van der Waals surface area (Å²) >= 11 is 3.54. The Morgan fingerprint density at radius 2 is 1.68 bits per heavy atom. The van der Waals surface area contributed by atoms with Crippen molar-refractivity contribution in [1.82, 2.24) is 0 Å². The van der Waals surface area contributed by atoms with Crippen molar-refractivity contribution >= 4 is 39.1 Å². The number of benzene rings is 3. The van der Waals surface area contributed by atoms with E-state index in [1.54, 1.807) is 36.4 Å². The monoisotopic (exact) mass is 522 g/mol. The van der Waals surface area contributed by atoms with Crippen molar-refractivity contribution in [3.8, 4) is 11.5 Å². The van der Waals surface area contributed by atoms with Crippen LogP contribution in [0.25, 0.3) is 0 Å². The maximum absolute atomic E-state index is 13.7. The molecule has 8 heteroatoms. The first-order chi connectivity index (χ1) is 16.5. The summed E-state index contributed by atoms with van der Waals surface area (Å²) in [4.78, 5) is 34.5. The number of amides is 2. The Balaban J connectivity index is 1.54. The summed E-state index contributed by atoms with van der Waals surface area (Å²) in [6.45, 7) is 2.43. The number of hydroxylamine groups is 1. The standard InChI is InChI=1S/C26H23BrN2O5/c1-3-33-19-12-10-17(11-13-19)28-25(30)22-23(16-9-14-21(32-2)20(27)15-16)29(34-24(22)26(28)31)18-7-5-4-6-8-18/h4-15,22-24H,3H2,1-2H3/t22-,23-,24+/m0/s1. The maximum atomic E-state index is 13.7. The Kier molecular flexibility index (Phi) is 6.02. The van der Waals surface area contributed by atoms with E-state index in [1.807, 2.05) is 55.5 Å². The molecule has 2 fully saturated rings. The number of fused-ring (bicyclic) bond motifs is 1. The van der Waals surface area contributed by atoms with Gasteiger partial charge in [0.1, 0.15) is 17.4 Å². The largest absolute Gasteiger partial charge is 0.496 e. The lowest BCUT2D eigenvalue weighted by Crippen LogP contribution is -2.37. The van der Waals surface area contributed by atoms with Crippen LogP contribution >= 0.6 is 15.9 Å². The lowest BCUT2D eigenvalue weighted by molar-refractivity contribution is -0.126. The van der Waals surface area contributed by atoms with Gasteiger partial charge >= 0.3 is 0 Å². The molecule has 0 radical (unpaired) electrons. The van der Waals surface area contributed by atoms with Gasteiger partial charge in [0.15, 0.2) is 6.10 Å². The van der Waals surface area contributed by atoms with Gasteiger partial charge in [-0.3, -0.25) is 14.4 Å². The normalized spacial score (nSPS) is 21.7. The molecular weight excluding hydrogens is 500 g/mol. The van der Waals surface area contributed by atoms with E-state index in [9.17, 15) is 9.59 Å². The third-order valence-electron chi connectivity index (χ3n) is 6.05. The Morgan fingerprint density at radius 3 is 2.32 bits per heavy atom. The van der Waals surface area contributed by atoms with E-state index in [1.165, 1.54) is 4.90 Å². The molecule has 0 unspecified atom stereocenters. The maximum Gasteiger partial charge on any atom is 0.266 e. The average molecular weight is 523 g/mol. The van der Waals surface area contributed by atoms with Crippen molar-refractivity contribution in [2.24, 2.45) is 5.92 Å². The zero-order valence-corrected chi connectivity index (χ0v) is 20.3. The van der Waals surface area contributed by atoms with Gasteiger partial charge in [0.25, 0.3) is 5.91 Å². The van der Waals surface area contributed by atoms with Crippen LogP contribution in [0.2, 0.25) is 0 Å². The molecule has 3 atom stereocenters. The summed E-state index contributed by atoms with van der Waals surface area (Å²) in [5.74, 6) is -0.0300. The van der Waals surface area contributed by atoms with Gasteiger partial charge in [-0.1, -0.05) is 24.3 Å². The Labute approximate surface area is 205 Å². The molecule has 3 aromatic rings. The second kappa shape index (κ2) is 9.12. The summed E-state index contributed by atoms with van der Waals surface area (Å²) < 4.78 is 11.6. The van der Waals surface area contributed by atoms with E-state index >= 15 is 0 Å². The van der Waals surface area contributed by atoms with Gasteiger partial charge < -0.3 is 9.47 Å². The van der Waals surface area contributed by atoms with E-state index in [2.05, 4.69) is 15.9 Å². The molecule has 3 aromatic carbocycles. The fourth-order valence-corrected chi connectivity index (χ4v) is 5.09. The van der Waals surface area contributed by atoms with E-state index in [0.717, 1.165) is 15.7 Å². The molecule has 0 N–H and O–H groups in total. The van der Waals surface area contributed by atoms with Crippen LogP contribution in [0.5, 0.6) is 11.5 Å². The molecule has 0 aromatic heterocycles. The Hall–Kier alpha value is -3.36.